The summed E-state index contributed by atoms with van der Waals surface area (Å²) >= 11 is 12.8. The normalized spacial score (nSPS) is 12.3. The summed E-state index contributed by atoms with van der Waals surface area (Å²) < 4.78 is 18.5. The van der Waals surface area contributed by atoms with E-state index in [0.29, 0.717) is 0 Å². The van der Waals surface area contributed by atoms with E-state index < -0.39 is 22.7 Å². The standard InChI is InChI=1S/C15H12Cl2FN3O3S/c1-2-24-15(23)9(6-19-7-11-20-3-4-25-11)12(22)8-5-10(18)14(17)21-13(8)16/h3-6,22H,2,7H2,1H3/b12-9+,19-6?. The molecule has 2 heterocycles. The van der Waals surface area contributed by atoms with E-state index in [-0.39, 0.29) is 29.4 Å². The van der Waals surface area contributed by atoms with Gasteiger partial charge in [-0.25, -0.2) is 19.2 Å². The second kappa shape index (κ2) is 8.89. The molecule has 0 unspecified atom stereocenters. The zero-order valence-electron chi connectivity index (χ0n) is 12.9. The minimum Gasteiger partial charge on any atom is -0.506 e. The Morgan fingerprint density at radius 3 is 2.88 bits per heavy atom. The lowest BCUT2D eigenvalue weighted by Crippen LogP contribution is -2.12. The number of carbonyl (C=O) groups excluding carboxylic acids is 1. The fourth-order valence-electron chi connectivity index (χ4n) is 1.72. The van der Waals surface area contributed by atoms with Gasteiger partial charge in [-0.15, -0.1) is 11.3 Å². The number of aromatic nitrogens is 2. The van der Waals surface area contributed by atoms with Crippen molar-refractivity contribution in [3.8, 4) is 0 Å². The molecule has 0 saturated carbocycles. The lowest BCUT2D eigenvalue weighted by molar-refractivity contribution is -0.137. The quantitative estimate of drug-likeness (QED) is 0.258. The van der Waals surface area contributed by atoms with E-state index in [2.05, 4.69) is 15.0 Å². The Hall–Kier alpha value is -2.03. The molecule has 1 N–H and O–H groups in total. The molecule has 2 rings (SSSR count). The lowest BCUT2D eigenvalue weighted by atomic mass is 10.1. The third-order valence-electron chi connectivity index (χ3n) is 2.82. The van der Waals surface area contributed by atoms with Crippen molar-refractivity contribution < 1.29 is 19.0 Å². The zero-order valence-corrected chi connectivity index (χ0v) is 15.2. The third kappa shape index (κ3) is 4.97. The maximum atomic E-state index is 13.6. The molecule has 6 nitrogen and oxygen atoms in total. The highest BCUT2D eigenvalue weighted by Crippen LogP contribution is 2.27. The molecule has 132 valence electrons. The number of esters is 1. The minimum atomic E-state index is -0.893. The highest BCUT2D eigenvalue weighted by molar-refractivity contribution is 7.09. The second-order valence-electron chi connectivity index (χ2n) is 4.48. The smallest absolute Gasteiger partial charge is 0.343 e. The number of ether oxygens (including phenoxy) is 1. The van der Waals surface area contributed by atoms with Gasteiger partial charge >= 0.3 is 5.97 Å². The summed E-state index contributed by atoms with van der Waals surface area (Å²) in [5, 5.41) is 12.2. The number of aliphatic imine (C=N–C) groups is 1. The van der Waals surface area contributed by atoms with Gasteiger partial charge in [0.2, 0.25) is 0 Å². The fraction of sp³-hybridized carbons (Fsp3) is 0.200. The Morgan fingerprint density at radius 1 is 1.48 bits per heavy atom. The van der Waals surface area contributed by atoms with Crippen LogP contribution in [0.15, 0.2) is 28.2 Å². The van der Waals surface area contributed by atoms with Crippen LogP contribution in [0.2, 0.25) is 10.3 Å². The molecule has 0 aromatic carbocycles. The average molecular weight is 404 g/mol. The number of carbonyl (C=O) groups is 1. The molecule has 0 saturated heterocycles. The summed E-state index contributed by atoms with van der Waals surface area (Å²) in [4.78, 5) is 23.7. The highest BCUT2D eigenvalue weighted by Gasteiger charge is 2.20. The first kappa shape index (κ1) is 19.3. The molecule has 2 aromatic heterocycles. The van der Waals surface area contributed by atoms with Gasteiger partial charge in [0, 0.05) is 17.8 Å². The predicted octanol–water partition coefficient (Wildman–Crippen LogP) is 4.09. The monoisotopic (exact) mass is 403 g/mol. The Kier molecular flexibility index (Phi) is 6.86. The maximum Gasteiger partial charge on any atom is 0.343 e. The van der Waals surface area contributed by atoms with Gasteiger partial charge in [0.25, 0.3) is 0 Å². The largest absolute Gasteiger partial charge is 0.506 e. The molecule has 0 atom stereocenters. The minimum absolute atomic E-state index is 0.0803. The summed E-state index contributed by atoms with van der Waals surface area (Å²) in [6, 6.07) is 0.876. The molecule has 0 aliphatic carbocycles. The maximum absolute atomic E-state index is 13.6. The molecule has 10 heteroatoms. The van der Waals surface area contributed by atoms with Crippen LogP contribution < -0.4 is 0 Å². The number of hydrogen-bond donors (Lipinski definition) is 1. The van der Waals surface area contributed by atoms with Crippen LogP contribution in [0.25, 0.3) is 5.76 Å². The molecule has 0 amide bonds. The molecule has 0 spiro atoms. The topological polar surface area (TPSA) is 84.7 Å². The van der Waals surface area contributed by atoms with E-state index >= 15 is 0 Å². The number of thiazole rings is 1. The van der Waals surface area contributed by atoms with Gasteiger partial charge in [0.15, 0.2) is 11.0 Å². The van der Waals surface area contributed by atoms with Crippen LogP contribution in [0.4, 0.5) is 4.39 Å². The van der Waals surface area contributed by atoms with Crippen molar-refractivity contribution in [2.24, 2.45) is 4.99 Å². The Morgan fingerprint density at radius 2 is 2.24 bits per heavy atom. The number of nitrogens with zero attached hydrogens (tertiary/aromatic N) is 3. The predicted molar refractivity (Wildman–Crippen MR) is 94.7 cm³/mol. The fourth-order valence-corrected chi connectivity index (χ4v) is 2.68. The molecule has 25 heavy (non-hydrogen) atoms. The number of rotatable bonds is 6. The number of pyridine rings is 1. The van der Waals surface area contributed by atoms with Gasteiger partial charge in [-0.1, -0.05) is 23.2 Å². The molecule has 2 aromatic rings. The molecular formula is C15H12Cl2FN3O3S. The van der Waals surface area contributed by atoms with Gasteiger partial charge in [0.05, 0.1) is 18.7 Å². The van der Waals surface area contributed by atoms with Crippen LogP contribution in [0, 0.1) is 5.82 Å². The zero-order chi connectivity index (χ0) is 18.4. The molecule has 0 fully saturated rings. The summed E-state index contributed by atoms with van der Waals surface area (Å²) in [5.41, 5.74) is -0.490. The van der Waals surface area contributed by atoms with E-state index in [1.807, 2.05) is 0 Å². The van der Waals surface area contributed by atoms with Crippen LogP contribution in [0.1, 0.15) is 17.5 Å². The number of aliphatic hydroxyl groups excluding tert-OH is 1. The molecular weight excluding hydrogens is 392 g/mol. The van der Waals surface area contributed by atoms with Crippen molar-refractivity contribution in [3.63, 3.8) is 0 Å². The van der Waals surface area contributed by atoms with Crippen LogP contribution >= 0.6 is 34.5 Å². The van der Waals surface area contributed by atoms with Gasteiger partial charge in [-0.05, 0) is 13.0 Å². The van der Waals surface area contributed by atoms with Crippen molar-refractivity contribution >= 4 is 52.5 Å². The summed E-state index contributed by atoms with van der Waals surface area (Å²) in [5.74, 6) is -2.35. The summed E-state index contributed by atoms with van der Waals surface area (Å²) in [7, 11) is 0. The van der Waals surface area contributed by atoms with Crippen molar-refractivity contribution in [2.45, 2.75) is 13.5 Å². The van der Waals surface area contributed by atoms with Crippen molar-refractivity contribution in [1.82, 2.24) is 9.97 Å². The first-order valence-electron chi connectivity index (χ1n) is 6.94. The molecule has 0 radical (unpaired) electrons. The van der Waals surface area contributed by atoms with Crippen molar-refractivity contribution in [3.05, 3.63) is 49.9 Å². The van der Waals surface area contributed by atoms with E-state index in [9.17, 15) is 14.3 Å². The summed E-state index contributed by atoms with van der Waals surface area (Å²) in [6.07, 6.45) is 2.74. The molecule has 0 aliphatic rings. The van der Waals surface area contributed by atoms with Gasteiger partial charge in [-0.3, -0.25) is 4.99 Å². The van der Waals surface area contributed by atoms with E-state index in [0.717, 1.165) is 17.3 Å². The van der Waals surface area contributed by atoms with Crippen molar-refractivity contribution in [2.75, 3.05) is 6.61 Å². The average Bonchev–Trinajstić information content (AvgIpc) is 3.08. The molecule has 0 aliphatic heterocycles. The van der Waals surface area contributed by atoms with E-state index in [1.165, 1.54) is 11.3 Å². The first-order chi connectivity index (χ1) is 11.9. The first-order valence-corrected chi connectivity index (χ1v) is 8.58. The second-order valence-corrected chi connectivity index (χ2v) is 6.17. The molecule has 0 bridgehead atoms. The van der Waals surface area contributed by atoms with E-state index in [1.54, 1.807) is 18.5 Å². The highest BCUT2D eigenvalue weighted by atomic mass is 35.5. The van der Waals surface area contributed by atoms with Crippen LogP contribution in [0.3, 0.4) is 0 Å². The SMILES string of the molecule is CCOC(=O)/C(C=NCc1nccs1)=C(/O)c1cc(F)c(Cl)nc1Cl. The number of hydrogen-bond acceptors (Lipinski definition) is 7. The van der Waals surface area contributed by atoms with Crippen LogP contribution in [-0.4, -0.2) is 33.9 Å². The van der Waals surface area contributed by atoms with Gasteiger partial charge in [-0.2, -0.15) is 0 Å². The van der Waals surface area contributed by atoms with E-state index in [4.69, 9.17) is 27.9 Å². The summed E-state index contributed by atoms with van der Waals surface area (Å²) in [6.45, 7) is 1.89. The lowest BCUT2D eigenvalue weighted by Gasteiger charge is -2.08. The number of halogens is 3. The van der Waals surface area contributed by atoms with Crippen LogP contribution in [-0.2, 0) is 16.1 Å². The third-order valence-corrected chi connectivity index (χ3v) is 4.14. The van der Waals surface area contributed by atoms with Crippen molar-refractivity contribution in [1.29, 1.82) is 0 Å². The Balaban J connectivity index is 2.41. The van der Waals surface area contributed by atoms with Gasteiger partial charge < -0.3 is 9.84 Å². The Labute approximate surface area is 156 Å². The Bertz CT molecular complexity index is 826. The number of aliphatic hydroxyl groups is 1. The van der Waals surface area contributed by atoms with Crippen LogP contribution in [0.5, 0.6) is 0 Å². The van der Waals surface area contributed by atoms with Gasteiger partial charge in [0.1, 0.15) is 21.5 Å².